The number of esters is 1. The summed E-state index contributed by atoms with van der Waals surface area (Å²) in [5, 5.41) is 0.680. The summed E-state index contributed by atoms with van der Waals surface area (Å²) >= 11 is 0. The molecule has 1 aliphatic carbocycles. The number of hydrogen-bond donors (Lipinski definition) is 0. The monoisotopic (exact) mass is 484 g/mol. The molecule has 0 unspecified atom stereocenters. The molecule has 1 aromatic carbocycles. The lowest BCUT2D eigenvalue weighted by atomic mass is 9.63. The van der Waals surface area contributed by atoms with E-state index in [1.165, 1.54) is 31.2 Å². The van der Waals surface area contributed by atoms with Gasteiger partial charge in [0.05, 0.1) is 14.2 Å². The van der Waals surface area contributed by atoms with Gasteiger partial charge in [-0.25, -0.2) is 4.79 Å². The van der Waals surface area contributed by atoms with Crippen LogP contribution in [0.2, 0.25) is 0 Å². The Morgan fingerprint density at radius 3 is 2.60 bits per heavy atom. The third-order valence-electron chi connectivity index (χ3n) is 6.95. The number of ether oxygens (including phenoxy) is 4. The van der Waals surface area contributed by atoms with Gasteiger partial charge in [0.15, 0.2) is 11.3 Å². The SMILES string of the molecule is C=C1CC[C@@H](OC(C)=O)C(C)(C)[C@H]1CC/C(C)=C/COc1c(OC)cc2ccc(=O)oc2c1OC. The molecule has 2 aromatic rings. The van der Waals surface area contributed by atoms with Crippen LogP contribution in [0.15, 0.2) is 51.2 Å². The van der Waals surface area contributed by atoms with Gasteiger partial charge in [0, 0.05) is 23.8 Å². The van der Waals surface area contributed by atoms with Crippen LogP contribution in [0.1, 0.15) is 53.4 Å². The largest absolute Gasteiger partial charge is 0.493 e. The number of rotatable bonds is 9. The molecular formula is C28H36O7. The topological polar surface area (TPSA) is 84.2 Å². The normalized spacial score (nSPS) is 19.9. The number of benzene rings is 1. The zero-order valence-corrected chi connectivity index (χ0v) is 21.6. The molecule has 0 amide bonds. The maximum atomic E-state index is 11.7. The molecule has 0 N–H and O–H groups in total. The fourth-order valence-corrected chi connectivity index (χ4v) is 4.96. The van der Waals surface area contributed by atoms with E-state index in [0.29, 0.717) is 34.8 Å². The molecule has 1 fully saturated rings. The molecule has 1 aliphatic rings. The van der Waals surface area contributed by atoms with E-state index >= 15 is 0 Å². The number of carbonyl (C=O) groups is 1. The summed E-state index contributed by atoms with van der Waals surface area (Å²) in [6, 6.07) is 4.76. The van der Waals surface area contributed by atoms with Crippen molar-refractivity contribution < 1.29 is 28.2 Å². The molecular weight excluding hydrogens is 448 g/mol. The van der Waals surface area contributed by atoms with Gasteiger partial charge in [0.25, 0.3) is 0 Å². The predicted molar refractivity (Wildman–Crippen MR) is 135 cm³/mol. The Hall–Kier alpha value is -3.22. The molecule has 0 saturated heterocycles. The summed E-state index contributed by atoms with van der Waals surface area (Å²) in [5.74, 6) is 1.22. The molecule has 7 nitrogen and oxygen atoms in total. The summed E-state index contributed by atoms with van der Waals surface area (Å²) in [4.78, 5) is 23.3. The minimum Gasteiger partial charge on any atom is -0.493 e. The first-order valence-electron chi connectivity index (χ1n) is 11.9. The minimum atomic E-state index is -0.467. The van der Waals surface area contributed by atoms with Gasteiger partial charge in [-0.1, -0.05) is 31.6 Å². The molecule has 3 rings (SSSR count). The van der Waals surface area contributed by atoms with Gasteiger partial charge in [-0.15, -0.1) is 0 Å². The Morgan fingerprint density at radius 2 is 1.94 bits per heavy atom. The van der Waals surface area contributed by atoms with Crippen LogP contribution in [0.4, 0.5) is 0 Å². The number of fused-ring (bicyclic) bond motifs is 1. The van der Waals surface area contributed by atoms with E-state index in [0.717, 1.165) is 25.7 Å². The summed E-state index contributed by atoms with van der Waals surface area (Å²) < 4.78 is 28.0. The highest BCUT2D eigenvalue weighted by Gasteiger charge is 2.43. The van der Waals surface area contributed by atoms with E-state index in [1.807, 2.05) is 6.08 Å². The summed E-state index contributed by atoms with van der Waals surface area (Å²) in [6.45, 7) is 12.5. The first-order chi connectivity index (χ1) is 16.6. The zero-order valence-electron chi connectivity index (χ0n) is 21.6. The standard InChI is InChI=1S/C28H36O7/c1-17(8-11-21-18(2)9-12-23(28(21,4)5)34-19(3)29)14-15-33-26-22(31-6)16-20-10-13-24(30)35-25(20)27(26)32-7/h10,13-14,16,21,23H,2,8-9,11-12,15H2,1,3-7H3/b17-14+/t21-,23+/m0/s1. The highest BCUT2D eigenvalue weighted by molar-refractivity contribution is 5.88. The van der Waals surface area contributed by atoms with E-state index in [-0.39, 0.29) is 23.4 Å². The van der Waals surface area contributed by atoms with Crippen LogP contribution in [0.3, 0.4) is 0 Å². The van der Waals surface area contributed by atoms with Crippen molar-refractivity contribution in [2.24, 2.45) is 11.3 Å². The van der Waals surface area contributed by atoms with Gasteiger partial charge in [0.1, 0.15) is 12.7 Å². The van der Waals surface area contributed by atoms with Gasteiger partial charge >= 0.3 is 11.6 Å². The van der Waals surface area contributed by atoms with Crippen LogP contribution >= 0.6 is 0 Å². The first kappa shape index (κ1) is 26.4. The van der Waals surface area contributed by atoms with Gasteiger partial charge < -0.3 is 23.4 Å². The average molecular weight is 485 g/mol. The molecule has 0 bridgehead atoms. The van der Waals surface area contributed by atoms with Gasteiger partial charge in [-0.2, -0.15) is 0 Å². The number of carbonyl (C=O) groups excluding carboxylic acids is 1. The molecule has 1 saturated carbocycles. The maximum Gasteiger partial charge on any atom is 0.336 e. The summed E-state index contributed by atoms with van der Waals surface area (Å²) in [7, 11) is 3.05. The van der Waals surface area contributed by atoms with E-state index in [2.05, 4.69) is 27.4 Å². The van der Waals surface area contributed by atoms with E-state index < -0.39 is 5.63 Å². The van der Waals surface area contributed by atoms with Crippen molar-refractivity contribution >= 4 is 16.9 Å². The smallest absolute Gasteiger partial charge is 0.336 e. The molecule has 1 heterocycles. The van der Waals surface area contributed by atoms with Crippen molar-refractivity contribution in [3.63, 3.8) is 0 Å². The summed E-state index contributed by atoms with van der Waals surface area (Å²) in [6.07, 6.45) is 5.39. The van der Waals surface area contributed by atoms with Crippen molar-refractivity contribution in [3.8, 4) is 17.2 Å². The Morgan fingerprint density at radius 1 is 1.20 bits per heavy atom. The van der Waals surface area contributed by atoms with Gasteiger partial charge in [-0.3, -0.25) is 4.79 Å². The van der Waals surface area contributed by atoms with E-state index in [1.54, 1.807) is 19.2 Å². The molecule has 7 heteroatoms. The van der Waals surface area contributed by atoms with E-state index in [9.17, 15) is 9.59 Å². The van der Waals surface area contributed by atoms with Crippen molar-refractivity contribution in [3.05, 3.63) is 52.4 Å². The predicted octanol–water partition coefficient (Wildman–Crippen LogP) is 5.84. The van der Waals surface area contributed by atoms with Crippen LogP contribution in [0.25, 0.3) is 11.0 Å². The Bertz CT molecular complexity index is 1170. The molecule has 35 heavy (non-hydrogen) atoms. The second-order valence-corrected chi connectivity index (χ2v) is 9.68. The van der Waals surface area contributed by atoms with Crippen molar-refractivity contribution in [2.75, 3.05) is 20.8 Å². The Kier molecular flexibility index (Phi) is 8.30. The van der Waals surface area contributed by atoms with Gasteiger partial charge in [-0.05, 0) is 56.7 Å². The molecule has 190 valence electrons. The molecule has 2 atom stereocenters. The van der Waals surface area contributed by atoms with E-state index in [4.69, 9.17) is 23.4 Å². The molecule has 0 aliphatic heterocycles. The highest BCUT2D eigenvalue weighted by atomic mass is 16.5. The fraction of sp³-hybridized carbons (Fsp3) is 0.500. The van der Waals surface area contributed by atoms with Crippen molar-refractivity contribution in [1.29, 1.82) is 0 Å². The Labute approximate surface area is 206 Å². The average Bonchev–Trinajstić information content (AvgIpc) is 2.80. The second-order valence-electron chi connectivity index (χ2n) is 9.68. The lowest BCUT2D eigenvalue weighted by Gasteiger charge is -2.45. The van der Waals surface area contributed by atoms with Crippen LogP contribution < -0.4 is 19.8 Å². The van der Waals surface area contributed by atoms with Crippen LogP contribution in [0, 0.1) is 11.3 Å². The third-order valence-corrected chi connectivity index (χ3v) is 6.95. The zero-order chi connectivity index (χ0) is 25.8. The maximum absolute atomic E-state index is 11.7. The molecule has 1 aromatic heterocycles. The third kappa shape index (κ3) is 5.89. The van der Waals surface area contributed by atoms with Gasteiger partial charge in [0.2, 0.25) is 11.5 Å². The number of allylic oxidation sites excluding steroid dienone is 2. The van der Waals surface area contributed by atoms with Crippen molar-refractivity contribution in [1.82, 2.24) is 0 Å². The fourth-order valence-electron chi connectivity index (χ4n) is 4.96. The number of hydrogen-bond acceptors (Lipinski definition) is 7. The number of methoxy groups -OCH3 is 2. The van der Waals surface area contributed by atoms with Crippen LogP contribution in [-0.2, 0) is 9.53 Å². The lowest BCUT2D eigenvalue weighted by Crippen LogP contribution is -2.43. The molecule has 0 radical (unpaired) electrons. The van der Waals surface area contributed by atoms with Crippen molar-refractivity contribution in [2.45, 2.75) is 59.5 Å². The van der Waals surface area contributed by atoms with Crippen LogP contribution in [-0.4, -0.2) is 32.9 Å². The quantitative estimate of drug-likeness (QED) is 0.251. The second kappa shape index (κ2) is 11.0. The molecule has 0 spiro atoms. The lowest BCUT2D eigenvalue weighted by molar-refractivity contribution is -0.156. The first-order valence-corrected chi connectivity index (χ1v) is 11.9. The summed E-state index contributed by atoms with van der Waals surface area (Å²) in [5.41, 5.74) is 2.07. The van der Waals surface area contributed by atoms with Crippen LogP contribution in [0.5, 0.6) is 17.2 Å². The Balaban J connectivity index is 1.71. The highest BCUT2D eigenvalue weighted by Crippen LogP contribution is 2.47. The minimum absolute atomic E-state index is 0.101.